The first-order valence-corrected chi connectivity index (χ1v) is 9.53. The van der Waals surface area contributed by atoms with E-state index in [0.29, 0.717) is 23.3 Å². The highest BCUT2D eigenvalue weighted by molar-refractivity contribution is 6.31. The van der Waals surface area contributed by atoms with Crippen molar-refractivity contribution in [3.63, 3.8) is 0 Å². The number of ether oxygens (including phenoxy) is 1. The first-order valence-electron chi connectivity index (χ1n) is 9.15. The number of anilines is 4. The lowest BCUT2D eigenvalue weighted by atomic mass is 10.2. The monoisotopic (exact) mass is 396 g/mol. The van der Waals surface area contributed by atoms with Crippen LogP contribution in [0.5, 0.6) is 0 Å². The second-order valence-corrected chi connectivity index (χ2v) is 6.76. The van der Waals surface area contributed by atoms with E-state index in [0.717, 1.165) is 43.2 Å². The molecule has 144 valence electrons. The average molecular weight is 397 g/mol. The molecule has 0 aliphatic carbocycles. The topological polar surface area (TPSA) is 75.2 Å². The van der Waals surface area contributed by atoms with Crippen molar-refractivity contribution in [3.05, 3.63) is 65.3 Å². The summed E-state index contributed by atoms with van der Waals surface area (Å²) in [6, 6.07) is 15.8. The van der Waals surface area contributed by atoms with E-state index >= 15 is 0 Å². The Kier molecular flexibility index (Phi) is 5.84. The normalized spacial score (nSPS) is 14.0. The average Bonchev–Trinajstić information content (AvgIpc) is 2.74. The van der Waals surface area contributed by atoms with Crippen molar-refractivity contribution in [2.45, 2.75) is 6.54 Å². The predicted octanol–water partition coefficient (Wildman–Crippen LogP) is 3.72. The summed E-state index contributed by atoms with van der Waals surface area (Å²) in [6.45, 7) is 3.73. The summed E-state index contributed by atoms with van der Waals surface area (Å²) in [4.78, 5) is 6.82. The standard InChI is InChI=1S/C20H21ClN6O/c21-16-6-2-1-5-15(16)13-22-20-25-19(14-23-26-20)24-17-7-3-4-8-18(17)27-9-11-28-12-10-27/h1-8,14H,9-13H2,(H2,22,24,25,26). The molecule has 0 bridgehead atoms. The fourth-order valence-electron chi connectivity index (χ4n) is 3.05. The Labute approximate surface area is 168 Å². The molecular weight excluding hydrogens is 376 g/mol. The molecule has 1 fully saturated rings. The maximum Gasteiger partial charge on any atom is 0.244 e. The molecule has 1 saturated heterocycles. The van der Waals surface area contributed by atoms with E-state index in [2.05, 4.69) is 36.8 Å². The van der Waals surface area contributed by atoms with Gasteiger partial charge in [-0.15, -0.1) is 5.10 Å². The fourth-order valence-corrected chi connectivity index (χ4v) is 3.25. The summed E-state index contributed by atoms with van der Waals surface area (Å²) >= 11 is 6.20. The number of benzene rings is 2. The van der Waals surface area contributed by atoms with Gasteiger partial charge in [0.2, 0.25) is 5.95 Å². The van der Waals surface area contributed by atoms with E-state index in [1.807, 2.05) is 42.5 Å². The molecule has 3 aromatic rings. The van der Waals surface area contributed by atoms with Gasteiger partial charge < -0.3 is 20.3 Å². The number of nitrogens with zero attached hydrogens (tertiary/aromatic N) is 4. The van der Waals surface area contributed by atoms with Crippen LogP contribution >= 0.6 is 11.6 Å². The Hall–Kier alpha value is -2.90. The molecule has 2 N–H and O–H groups in total. The van der Waals surface area contributed by atoms with E-state index in [-0.39, 0.29) is 0 Å². The molecule has 8 heteroatoms. The third-order valence-corrected chi connectivity index (χ3v) is 4.84. The maximum atomic E-state index is 6.20. The fraction of sp³-hybridized carbons (Fsp3) is 0.250. The minimum absolute atomic E-state index is 0.439. The first kappa shape index (κ1) is 18.5. The Morgan fingerprint density at radius 1 is 1.04 bits per heavy atom. The Balaban J connectivity index is 1.47. The number of halogens is 1. The van der Waals surface area contributed by atoms with Gasteiger partial charge in [-0.3, -0.25) is 0 Å². The van der Waals surface area contributed by atoms with E-state index < -0.39 is 0 Å². The third-order valence-electron chi connectivity index (χ3n) is 4.47. The van der Waals surface area contributed by atoms with Crippen LogP contribution in [0.4, 0.5) is 23.1 Å². The molecule has 7 nitrogen and oxygen atoms in total. The van der Waals surface area contributed by atoms with E-state index in [1.54, 1.807) is 6.20 Å². The van der Waals surface area contributed by atoms with Crippen molar-refractivity contribution >= 4 is 34.7 Å². The van der Waals surface area contributed by atoms with Crippen LogP contribution in [-0.2, 0) is 11.3 Å². The van der Waals surface area contributed by atoms with Gasteiger partial charge in [-0.2, -0.15) is 10.1 Å². The van der Waals surface area contributed by atoms with Crippen molar-refractivity contribution in [1.82, 2.24) is 15.2 Å². The summed E-state index contributed by atoms with van der Waals surface area (Å²) < 4.78 is 5.46. The van der Waals surface area contributed by atoms with Crippen LogP contribution in [0, 0.1) is 0 Å². The number of hydrogen-bond acceptors (Lipinski definition) is 7. The van der Waals surface area contributed by atoms with Crippen molar-refractivity contribution in [3.8, 4) is 0 Å². The van der Waals surface area contributed by atoms with Crippen molar-refractivity contribution in [1.29, 1.82) is 0 Å². The van der Waals surface area contributed by atoms with Crippen molar-refractivity contribution < 1.29 is 4.74 Å². The molecule has 0 unspecified atom stereocenters. The molecule has 1 aromatic heterocycles. The number of para-hydroxylation sites is 2. The molecule has 2 heterocycles. The zero-order valence-corrected chi connectivity index (χ0v) is 16.1. The minimum Gasteiger partial charge on any atom is -0.378 e. The van der Waals surface area contributed by atoms with Gasteiger partial charge in [0.05, 0.1) is 30.8 Å². The number of hydrogen-bond donors (Lipinski definition) is 2. The van der Waals surface area contributed by atoms with Gasteiger partial charge in [0, 0.05) is 24.7 Å². The van der Waals surface area contributed by atoms with Gasteiger partial charge in [-0.25, -0.2) is 0 Å². The summed E-state index contributed by atoms with van der Waals surface area (Å²) in [5.74, 6) is 1.06. The second kappa shape index (κ2) is 8.86. The molecule has 0 spiro atoms. The molecule has 4 rings (SSSR count). The highest BCUT2D eigenvalue weighted by atomic mass is 35.5. The second-order valence-electron chi connectivity index (χ2n) is 6.35. The molecule has 0 atom stereocenters. The van der Waals surface area contributed by atoms with E-state index in [9.17, 15) is 0 Å². The van der Waals surface area contributed by atoms with Gasteiger partial charge in [0.1, 0.15) is 0 Å². The van der Waals surface area contributed by atoms with E-state index in [4.69, 9.17) is 16.3 Å². The van der Waals surface area contributed by atoms with Gasteiger partial charge in [-0.05, 0) is 23.8 Å². The molecule has 2 aromatic carbocycles. The van der Waals surface area contributed by atoms with Crippen LogP contribution in [-0.4, -0.2) is 41.5 Å². The molecular formula is C20H21ClN6O. The number of aromatic nitrogens is 3. The predicted molar refractivity (Wildman–Crippen MR) is 111 cm³/mol. The SMILES string of the molecule is Clc1ccccc1CNc1nncc(Nc2ccccc2N2CCOCC2)n1. The van der Waals surface area contributed by atoms with Crippen LogP contribution in [0.2, 0.25) is 5.02 Å². The Morgan fingerprint density at radius 3 is 2.68 bits per heavy atom. The quantitative estimate of drug-likeness (QED) is 0.657. The Bertz CT molecular complexity index is 932. The minimum atomic E-state index is 0.439. The lowest BCUT2D eigenvalue weighted by Gasteiger charge is -2.30. The summed E-state index contributed by atoms with van der Waals surface area (Å²) in [6.07, 6.45) is 1.61. The summed E-state index contributed by atoms with van der Waals surface area (Å²) in [7, 11) is 0. The number of morpholine rings is 1. The number of rotatable bonds is 6. The zero-order chi connectivity index (χ0) is 19.2. The van der Waals surface area contributed by atoms with Crippen LogP contribution in [0.25, 0.3) is 0 Å². The molecule has 1 aliphatic heterocycles. The van der Waals surface area contributed by atoms with Crippen molar-refractivity contribution in [2.24, 2.45) is 0 Å². The maximum absolute atomic E-state index is 6.20. The highest BCUT2D eigenvalue weighted by Crippen LogP contribution is 2.28. The van der Waals surface area contributed by atoms with Gasteiger partial charge in [0.25, 0.3) is 0 Å². The first-order chi connectivity index (χ1) is 13.8. The smallest absolute Gasteiger partial charge is 0.244 e. The largest absolute Gasteiger partial charge is 0.378 e. The van der Waals surface area contributed by atoms with E-state index in [1.165, 1.54) is 0 Å². The van der Waals surface area contributed by atoms with Gasteiger partial charge in [0.15, 0.2) is 5.82 Å². The molecule has 28 heavy (non-hydrogen) atoms. The van der Waals surface area contributed by atoms with Crippen molar-refractivity contribution in [2.75, 3.05) is 41.8 Å². The van der Waals surface area contributed by atoms with Gasteiger partial charge >= 0.3 is 0 Å². The molecule has 0 radical (unpaired) electrons. The molecule has 0 amide bonds. The van der Waals surface area contributed by atoms with Crippen LogP contribution in [0.3, 0.4) is 0 Å². The highest BCUT2D eigenvalue weighted by Gasteiger charge is 2.15. The zero-order valence-electron chi connectivity index (χ0n) is 15.3. The number of nitrogens with one attached hydrogen (secondary N) is 2. The van der Waals surface area contributed by atoms with Crippen LogP contribution in [0.1, 0.15) is 5.56 Å². The third kappa shape index (κ3) is 4.49. The van der Waals surface area contributed by atoms with Gasteiger partial charge in [-0.1, -0.05) is 41.9 Å². The Morgan fingerprint density at radius 2 is 1.82 bits per heavy atom. The lowest BCUT2D eigenvalue weighted by molar-refractivity contribution is 0.123. The lowest BCUT2D eigenvalue weighted by Crippen LogP contribution is -2.36. The van der Waals surface area contributed by atoms with Crippen LogP contribution in [0.15, 0.2) is 54.7 Å². The van der Waals surface area contributed by atoms with Crippen LogP contribution < -0.4 is 15.5 Å². The summed E-state index contributed by atoms with van der Waals surface area (Å²) in [5.41, 5.74) is 3.07. The molecule has 0 saturated carbocycles. The summed E-state index contributed by atoms with van der Waals surface area (Å²) in [5, 5.41) is 15.3. The molecule has 1 aliphatic rings.